The zero-order chi connectivity index (χ0) is 27.9. The van der Waals surface area contributed by atoms with Crippen LogP contribution in [0.5, 0.6) is 11.5 Å². The van der Waals surface area contributed by atoms with E-state index in [1.54, 1.807) is 60.0 Å². The molecule has 0 spiro atoms. The van der Waals surface area contributed by atoms with Crippen LogP contribution in [0.2, 0.25) is 5.02 Å². The first-order chi connectivity index (χ1) is 18.1. The highest BCUT2D eigenvalue weighted by Crippen LogP contribution is 2.38. The summed E-state index contributed by atoms with van der Waals surface area (Å²) < 4.78 is 11.0. The minimum Gasteiger partial charge on any atom is -0.497 e. The Labute approximate surface area is 231 Å². The Balaban J connectivity index is 2.14. The first-order valence-corrected chi connectivity index (χ1v) is 13.3. The van der Waals surface area contributed by atoms with Crippen LogP contribution >= 0.6 is 22.9 Å². The van der Waals surface area contributed by atoms with Gasteiger partial charge in [0.2, 0.25) is 11.8 Å². The summed E-state index contributed by atoms with van der Waals surface area (Å²) in [5.41, 5.74) is 0.246. The molecule has 202 valence electrons. The van der Waals surface area contributed by atoms with E-state index in [1.165, 1.54) is 30.5 Å². The van der Waals surface area contributed by atoms with Crippen molar-refractivity contribution in [3.05, 3.63) is 75.4 Å². The predicted octanol–water partition coefficient (Wildman–Crippen LogP) is 5.23. The second-order valence-electron chi connectivity index (χ2n) is 9.15. The van der Waals surface area contributed by atoms with Crippen molar-refractivity contribution >= 4 is 46.3 Å². The summed E-state index contributed by atoms with van der Waals surface area (Å²) in [5.74, 6) is -0.479. The molecule has 38 heavy (non-hydrogen) atoms. The number of carbonyl (C=O) groups is 3. The summed E-state index contributed by atoms with van der Waals surface area (Å²) in [5, 5.41) is 7.84. The van der Waals surface area contributed by atoms with Gasteiger partial charge in [-0.05, 0) is 67.6 Å². The average Bonchev–Trinajstić information content (AvgIpc) is 3.45. The number of ether oxygens (including phenoxy) is 2. The lowest BCUT2D eigenvalue weighted by Crippen LogP contribution is -2.52. The monoisotopic (exact) mass is 557 g/mol. The zero-order valence-electron chi connectivity index (χ0n) is 22.0. The molecule has 0 bridgehead atoms. The van der Waals surface area contributed by atoms with Gasteiger partial charge >= 0.3 is 0 Å². The molecule has 1 heterocycles. The Morgan fingerprint density at radius 3 is 2.45 bits per heavy atom. The molecule has 0 aliphatic carbocycles. The number of benzene rings is 2. The zero-order valence-corrected chi connectivity index (χ0v) is 23.6. The van der Waals surface area contributed by atoms with Crippen molar-refractivity contribution in [3.63, 3.8) is 0 Å². The summed E-state index contributed by atoms with van der Waals surface area (Å²) >= 11 is 7.61. The largest absolute Gasteiger partial charge is 0.497 e. The van der Waals surface area contributed by atoms with E-state index in [-0.39, 0.29) is 18.1 Å². The van der Waals surface area contributed by atoms with E-state index in [0.717, 1.165) is 0 Å². The van der Waals surface area contributed by atoms with E-state index < -0.39 is 23.4 Å². The molecule has 2 N–H and O–H groups in total. The van der Waals surface area contributed by atoms with Crippen LogP contribution in [-0.4, -0.2) is 44.0 Å². The molecule has 0 saturated carbocycles. The third-order valence-electron chi connectivity index (χ3n) is 6.08. The molecule has 3 amide bonds. The second-order valence-corrected chi connectivity index (χ2v) is 10.5. The van der Waals surface area contributed by atoms with E-state index in [2.05, 4.69) is 10.6 Å². The Kier molecular flexibility index (Phi) is 9.77. The highest BCUT2D eigenvalue weighted by Gasteiger charge is 2.36. The van der Waals surface area contributed by atoms with Gasteiger partial charge in [-0.3, -0.25) is 19.3 Å². The van der Waals surface area contributed by atoms with Crippen LogP contribution in [0.4, 0.5) is 5.69 Å². The van der Waals surface area contributed by atoms with E-state index >= 15 is 0 Å². The lowest BCUT2D eigenvalue weighted by molar-refractivity contribution is -0.127. The maximum Gasteiger partial charge on any atom is 0.261 e. The van der Waals surface area contributed by atoms with Crippen molar-refractivity contribution in [2.24, 2.45) is 0 Å². The van der Waals surface area contributed by atoms with Gasteiger partial charge in [-0.15, -0.1) is 11.3 Å². The van der Waals surface area contributed by atoms with Crippen LogP contribution < -0.4 is 25.0 Å². The molecule has 10 heteroatoms. The van der Waals surface area contributed by atoms with Gasteiger partial charge in [-0.25, -0.2) is 0 Å². The molecule has 3 rings (SSSR count). The topological polar surface area (TPSA) is 97.0 Å². The van der Waals surface area contributed by atoms with Crippen LogP contribution in [0, 0.1) is 0 Å². The number of nitrogens with one attached hydrogen (secondary N) is 2. The van der Waals surface area contributed by atoms with Gasteiger partial charge in [0.05, 0.1) is 31.3 Å². The van der Waals surface area contributed by atoms with Gasteiger partial charge in [0.1, 0.15) is 17.5 Å². The van der Waals surface area contributed by atoms with E-state index in [9.17, 15) is 14.4 Å². The minimum absolute atomic E-state index is 0.285. The lowest BCUT2D eigenvalue weighted by atomic mass is 9.98. The normalized spacial score (nSPS) is 11.8. The standard InChI is InChI=1S/C28H32ClN3O5S/c1-6-28(2,3)31-27(35)25(18-9-7-10-20(15-18)36-4)32(21-16-19(29)12-13-22(21)37-5)24(33)17-30-26(34)23-11-8-14-38-23/h7-16,25H,6,17H2,1-5H3,(H,30,34)(H,31,35)/t25-/m0/s1. The molecule has 1 aromatic heterocycles. The highest BCUT2D eigenvalue weighted by molar-refractivity contribution is 7.12. The van der Waals surface area contributed by atoms with Gasteiger partial charge in [0.25, 0.3) is 5.91 Å². The summed E-state index contributed by atoms with van der Waals surface area (Å²) in [6.45, 7) is 5.41. The molecule has 1 atom stereocenters. The number of thiophene rings is 1. The molecule has 0 aliphatic heterocycles. The molecule has 0 saturated heterocycles. The van der Waals surface area contributed by atoms with Gasteiger partial charge < -0.3 is 20.1 Å². The van der Waals surface area contributed by atoms with Crippen LogP contribution in [0.3, 0.4) is 0 Å². The number of methoxy groups -OCH3 is 2. The molecule has 0 fully saturated rings. The number of hydrogen-bond donors (Lipinski definition) is 2. The van der Waals surface area contributed by atoms with Crippen molar-refractivity contribution in [2.75, 3.05) is 25.7 Å². The van der Waals surface area contributed by atoms with Gasteiger partial charge in [-0.2, -0.15) is 0 Å². The Morgan fingerprint density at radius 2 is 1.82 bits per heavy atom. The number of amides is 3. The maximum absolute atomic E-state index is 13.9. The molecular weight excluding hydrogens is 526 g/mol. The summed E-state index contributed by atoms with van der Waals surface area (Å²) in [6, 6.07) is 14.0. The smallest absolute Gasteiger partial charge is 0.261 e. The minimum atomic E-state index is -1.13. The van der Waals surface area contributed by atoms with Crippen molar-refractivity contribution in [3.8, 4) is 11.5 Å². The fourth-order valence-electron chi connectivity index (χ4n) is 3.72. The Hall–Kier alpha value is -3.56. The molecule has 0 aliphatic rings. The van der Waals surface area contributed by atoms with Crippen molar-refractivity contribution < 1.29 is 23.9 Å². The van der Waals surface area contributed by atoms with Crippen molar-refractivity contribution in [1.29, 1.82) is 0 Å². The summed E-state index contributed by atoms with van der Waals surface area (Å²) in [6.07, 6.45) is 0.662. The second kappa shape index (κ2) is 12.8. The Bertz CT molecular complexity index is 1280. The van der Waals surface area contributed by atoms with Gasteiger partial charge in [-0.1, -0.05) is 36.7 Å². The maximum atomic E-state index is 13.9. The lowest BCUT2D eigenvalue weighted by Gasteiger charge is -2.35. The molecule has 3 aromatic rings. The highest BCUT2D eigenvalue weighted by atomic mass is 35.5. The average molecular weight is 558 g/mol. The van der Waals surface area contributed by atoms with Gasteiger partial charge in [0, 0.05) is 10.6 Å². The number of halogens is 1. The number of carbonyl (C=O) groups excluding carboxylic acids is 3. The first kappa shape index (κ1) is 29.0. The summed E-state index contributed by atoms with van der Waals surface area (Å²) in [4.78, 5) is 42.3. The van der Waals surface area contributed by atoms with E-state index in [1.807, 2.05) is 20.8 Å². The molecule has 0 unspecified atom stereocenters. The van der Waals surface area contributed by atoms with Gasteiger partial charge in [0.15, 0.2) is 0 Å². The SMILES string of the molecule is CCC(C)(C)NC(=O)[C@H](c1cccc(OC)c1)N(C(=O)CNC(=O)c1cccs1)c1cc(Cl)ccc1OC. The third kappa shape index (κ3) is 7.05. The molecule has 2 aromatic carbocycles. The van der Waals surface area contributed by atoms with E-state index in [0.29, 0.717) is 33.4 Å². The summed E-state index contributed by atoms with van der Waals surface area (Å²) in [7, 11) is 2.99. The number of rotatable bonds is 11. The van der Waals surface area contributed by atoms with Crippen LogP contribution in [0.1, 0.15) is 48.5 Å². The number of hydrogen-bond acceptors (Lipinski definition) is 6. The van der Waals surface area contributed by atoms with Crippen LogP contribution in [-0.2, 0) is 9.59 Å². The fourth-order valence-corrected chi connectivity index (χ4v) is 4.53. The van der Waals surface area contributed by atoms with Crippen LogP contribution in [0.15, 0.2) is 60.0 Å². The fraction of sp³-hybridized carbons (Fsp3) is 0.321. The van der Waals surface area contributed by atoms with Crippen LogP contribution in [0.25, 0.3) is 0 Å². The van der Waals surface area contributed by atoms with Crippen molar-refractivity contribution in [1.82, 2.24) is 10.6 Å². The van der Waals surface area contributed by atoms with E-state index in [4.69, 9.17) is 21.1 Å². The Morgan fingerprint density at radius 1 is 1.05 bits per heavy atom. The number of anilines is 1. The first-order valence-electron chi connectivity index (χ1n) is 12.0. The quantitative estimate of drug-likeness (QED) is 0.336. The third-order valence-corrected chi connectivity index (χ3v) is 7.18. The molecule has 0 radical (unpaired) electrons. The molecule has 8 nitrogen and oxygen atoms in total. The number of nitrogens with zero attached hydrogens (tertiary/aromatic N) is 1. The predicted molar refractivity (Wildman–Crippen MR) is 150 cm³/mol. The van der Waals surface area contributed by atoms with Crippen molar-refractivity contribution in [2.45, 2.75) is 38.8 Å². The molecular formula is C28H32ClN3O5S.